The number of methoxy groups -OCH3 is 1. The molecule has 1 aliphatic carbocycles. The van der Waals surface area contributed by atoms with Crippen molar-refractivity contribution in [2.24, 2.45) is 16.9 Å². The summed E-state index contributed by atoms with van der Waals surface area (Å²) in [6.07, 6.45) is 8.79. The number of rotatable bonds is 7. The van der Waals surface area contributed by atoms with Crippen LogP contribution >= 0.6 is 0 Å². The summed E-state index contributed by atoms with van der Waals surface area (Å²) in [6, 6.07) is 0. The molecule has 0 aromatic heterocycles. The maximum atomic E-state index is 11.5. The molecule has 21 heavy (non-hydrogen) atoms. The molecule has 0 amide bonds. The van der Waals surface area contributed by atoms with Gasteiger partial charge in [-0.25, -0.2) is 13.2 Å². The number of nitrogens with one attached hydrogen (secondary N) is 1. The lowest BCUT2D eigenvalue weighted by Crippen LogP contribution is -2.22. The van der Waals surface area contributed by atoms with Gasteiger partial charge >= 0.3 is 5.97 Å². The Morgan fingerprint density at radius 1 is 1.48 bits per heavy atom. The predicted octanol–water partition coefficient (Wildman–Crippen LogP) is 1.84. The van der Waals surface area contributed by atoms with Crippen molar-refractivity contribution in [3.05, 3.63) is 12.2 Å². The van der Waals surface area contributed by atoms with E-state index in [0.717, 1.165) is 31.2 Å². The summed E-state index contributed by atoms with van der Waals surface area (Å²) < 4.78 is 27.0. The minimum absolute atomic E-state index is 0.0844. The summed E-state index contributed by atoms with van der Waals surface area (Å²) in [5, 5.41) is 4.03. The lowest BCUT2D eigenvalue weighted by Gasteiger charge is -2.17. The highest BCUT2D eigenvalue weighted by molar-refractivity contribution is 7.88. The van der Waals surface area contributed by atoms with E-state index in [9.17, 15) is 13.2 Å². The van der Waals surface area contributed by atoms with Crippen molar-refractivity contribution < 1.29 is 17.9 Å². The number of carbonyl (C=O) groups excluding carboxylic acids is 1. The standard InChI is InChI=1S/C14H24N2O4S/c1-4-5-6-7-12-11(10-14(17)20-2)8-9-13(12)15-16-21(3,18)19/h5-6,11-12,16H,4,7-10H2,1-3H3/b6-5-,15-13?. The Morgan fingerprint density at radius 2 is 2.19 bits per heavy atom. The first-order chi connectivity index (χ1) is 9.87. The smallest absolute Gasteiger partial charge is 0.305 e. The van der Waals surface area contributed by atoms with Crippen LogP contribution < -0.4 is 4.83 Å². The Labute approximate surface area is 126 Å². The monoisotopic (exact) mass is 316 g/mol. The van der Waals surface area contributed by atoms with Gasteiger partial charge in [-0.2, -0.15) is 5.10 Å². The molecule has 1 N–H and O–H groups in total. The number of ether oxygens (including phenoxy) is 1. The number of esters is 1. The number of sulfonamides is 1. The van der Waals surface area contributed by atoms with Crippen LogP contribution in [0.4, 0.5) is 0 Å². The fourth-order valence-electron chi connectivity index (χ4n) is 2.55. The quantitative estimate of drug-likeness (QED) is 0.441. The predicted molar refractivity (Wildman–Crippen MR) is 82.3 cm³/mol. The highest BCUT2D eigenvalue weighted by Crippen LogP contribution is 2.35. The molecule has 2 unspecified atom stereocenters. The first-order valence-electron chi connectivity index (χ1n) is 7.12. The van der Waals surface area contributed by atoms with Gasteiger partial charge in [0.25, 0.3) is 0 Å². The molecule has 0 spiro atoms. The van der Waals surface area contributed by atoms with E-state index in [1.165, 1.54) is 7.11 Å². The molecule has 0 radical (unpaired) electrons. The lowest BCUT2D eigenvalue weighted by atomic mass is 9.89. The number of hydrazone groups is 1. The van der Waals surface area contributed by atoms with Gasteiger partial charge in [-0.05, 0) is 31.6 Å². The maximum absolute atomic E-state index is 11.5. The van der Waals surface area contributed by atoms with Crippen molar-refractivity contribution in [1.82, 2.24) is 4.83 Å². The molecule has 1 saturated carbocycles. The Bertz CT molecular complexity index is 511. The zero-order chi connectivity index (χ0) is 15.9. The Balaban J connectivity index is 2.82. The summed E-state index contributed by atoms with van der Waals surface area (Å²) >= 11 is 0. The Hall–Kier alpha value is -1.37. The molecule has 1 fully saturated rings. The van der Waals surface area contributed by atoms with Crippen LogP contribution in [0.3, 0.4) is 0 Å². The van der Waals surface area contributed by atoms with Crippen LogP contribution in [-0.4, -0.2) is 33.5 Å². The third-order valence-electron chi connectivity index (χ3n) is 3.57. The molecule has 0 bridgehead atoms. The van der Waals surface area contributed by atoms with Gasteiger partial charge in [0.1, 0.15) is 0 Å². The van der Waals surface area contributed by atoms with Crippen molar-refractivity contribution in [3.63, 3.8) is 0 Å². The van der Waals surface area contributed by atoms with Crippen LogP contribution in [0.5, 0.6) is 0 Å². The molecule has 1 rings (SSSR count). The molecular weight excluding hydrogens is 292 g/mol. The molecule has 6 nitrogen and oxygen atoms in total. The van der Waals surface area contributed by atoms with E-state index in [2.05, 4.69) is 29.0 Å². The van der Waals surface area contributed by atoms with Gasteiger partial charge in [-0.3, -0.25) is 4.79 Å². The first-order valence-corrected chi connectivity index (χ1v) is 9.01. The van der Waals surface area contributed by atoms with Crippen LogP contribution in [-0.2, 0) is 19.6 Å². The Morgan fingerprint density at radius 3 is 2.76 bits per heavy atom. The van der Waals surface area contributed by atoms with Crippen molar-refractivity contribution in [3.8, 4) is 0 Å². The van der Waals surface area contributed by atoms with Gasteiger partial charge in [-0.15, -0.1) is 0 Å². The number of carbonyl (C=O) groups is 1. The van der Waals surface area contributed by atoms with E-state index in [-0.39, 0.29) is 17.8 Å². The second kappa shape index (κ2) is 8.17. The van der Waals surface area contributed by atoms with Crippen LogP contribution in [0.25, 0.3) is 0 Å². The molecule has 0 aromatic carbocycles. The number of hydrogen-bond donors (Lipinski definition) is 1. The lowest BCUT2D eigenvalue weighted by molar-refractivity contribution is -0.141. The van der Waals surface area contributed by atoms with Gasteiger partial charge in [-0.1, -0.05) is 19.1 Å². The zero-order valence-electron chi connectivity index (χ0n) is 12.8. The fraction of sp³-hybridized carbons (Fsp3) is 0.714. The molecule has 120 valence electrons. The van der Waals surface area contributed by atoms with Gasteiger partial charge < -0.3 is 4.74 Å². The van der Waals surface area contributed by atoms with E-state index < -0.39 is 10.0 Å². The molecule has 0 aromatic rings. The summed E-state index contributed by atoms with van der Waals surface area (Å²) in [7, 11) is -1.97. The average Bonchev–Trinajstić information content (AvgIpc) is 2.78. The fourth-order valence-corrected chi connectivity index (χ4v) is 2.84. The summed E-state index contributed by atoms with van der Waals surface area (Å²) in [4.78, 5) is 13.7. The maximum Gasteiger partial charge on any atom is 0.305 e. The van der Waals surface area contributed by atoms with Crippen LogP contribution in [0, 0.1) is 11.8 Å². The highest BCUT2D eigenvalue weighted by Gasteiger charge is 2.34. The molecular formula is C14H24N2O4S. The largest absolute Gasteiger partial charge is 0.469 e. The molecule has 0 saturated heterocycles. The van der Waals surface area contributed by atoms with Gasteiger partial charge in [0.2, 0.25) is 10.0 Å². The molecule has 0 aliphatic heterocycles. The third-order valence-corrected chi connectivity index (χ3v) is 4.00. The van der Waals surface area contributed by atoms with Crippen LogP contribution in [0.2, 0.25) is 0 Å². The average molecular weight is 316 g/mol. The molecule has 7 heteroatoms. The van der Waals surface area contributed by atoms with Crippen LogP contribution in [0.15, 0.2) is 17.3 Å². The van der Waals surface area contributed by atoms with E-state index in [0.29, 0.717) is 12.8 Å². The minimum atomic E-state index is -3.35. The van der Waals surface area contributed by atoms with Crippen molar-refractivity contribution >= 4 is 21.7 Å². The minimum Gasteiger partial charge on any atom is -0.469 e. The first kappa shape index (κ1) is 17.7. The SMILES string of the molecule is CC/C=C\CC1C(=NNS(C)(=O)=O)CCC1CC(=O)OC. The third kappa shape index (κ3) is 6.29. The number of nitrogens with zero attached hydrogens (tertiary/aromatic N) is 1. The van der Waals surface area contributed by atoms with Gasteiger partial charge in [0.05, 0.1) is 13.4 Å². The molecule has 0 heterocycles. The van der Waals surface area contributed by atoms with Gasteiger partial charge in [0.15, 0.2) is 0 Å². The number of allylic oxidation sites excluding steroid dienone is 2. The zero-order valence-corrected chi connectivity index (χ0v) is 13.6. The van der Waals surface area contributed by atoms with E-state index in [1.54, 1.807) is 0 Å². The molecule has 1 aliphatic rings. The van der Waals surface area contributed by atoms with Crippen LogP contribution in [0.1, 0.15) is 39.0 Å². The Kier molecular flexibility index (Phi) is 6.87. The second-order valence-electron chi connectivity index (χ2n) is 5.27. The number of hydrogen-bond acceptors (Lipinski definition) is 5. The molecule has 2 atom stereocenters. The van der Waals surface area contributed by atoms with Crippen molar-refractivity contribution in [2.45, 2.75) is 39.0 Å². The topological polar surface area (TPSA) is 84.8 Å². The highest BCUT2D eigenvalue weighted by atomic mass is 32.2. The summed E-state index contributed by atoms with van der Waals surface area (Å²) in [5.74, 6) is 0.00186. The van der Waals surface area contributed by atoms with E-state index >= 15 is 0 Å². The summed E-state index contributed by atoms with van der Waals surface area (Å²) in [5.41, 5.74) is 0.815. The second-order valence-corrected chi connectivity index (χ2v) is 6.99. The summed E-state index contributed by atoms with van der Waals surface area (Å²) in [6.45, 7) is 2.05. The van der Waals surface area contributed by atoms with E-state index in [4.69, 9.17) is 4.74 Å². The van der Waals surface area contributed by atoms with Crippen molar-refractivity contribution in [2.75, 3.05) is 13.4 Å². The van der Waals surface area contributed by atoms with E-state index in [1.807, 2.05) is 0 Å². The van der Waals surface area contributed by atoms with Crippen molar-refractivity contribution in [1.29, 1.82) is 0 Å². The van der Waals surface area contributed by atoms with Gasteiger partial charge in [0, 0.05) is 18.1 Å². The normalized spacial score (nSPS) is 24.6.